The maximum atomic E-state index is 9.83. The maximum absolute atomic E-state index is 9.83. The lowest BCUT2D eigenvalue weighted by atomic mass is 9.99. The molecule has 2 rings (SSSR count). The molecular formula is C13H20N4OS. The van der Waals surface area contributed by atoms with Crippen molar-refractivity contribution in [1.82, 2.24) is 9.97 Å². The van der Waals surface area contributed by atoms with Crippen molar-refractivity contribution >= 4 is 33.3 Å². The maximum Gasteiger partial charge on any atom is 0.225 e. The second-order valence-electron chi connectivity index (χ2n) is 5.24. The Kier molecular flexibility index (Phi) is 3.64. The number of nitrogens with zero attached hydrogens (tertiary/aromatic N) is 2. The number of rotatable bonds is 4. The van der Waals surface area contributed by atoms with Crippen molar-refractivity contribution in [1.29, 1.82) is 0 Å². The number of aliphatic hydroxyl groups is 1. The number of hydrogen-bond donors (Lipinski definition) is 3. The predicted octanol–water partition coefficient (Wildman–Crippen LogP) is 2.61. The molecule has 3 N–H and O–H groups in total. The summed E-state index contributed by atoms with van der Waals surface area (Å²) in [5, 5.41) is 17.1. The highest BCUT2D eigenvalue weighted by atomic mass is 32.1. The van der Waals surface area contributed by atoms with Crippen molar-refractivity contribution in [3.8, 4) is 0 Å². The summed E-state index contributed by atoms with van der Waals surface area (Å²) in [6, 6.07) is 2.07. The fourth-order valence-corrected chi connectivity index (χ4v) is 2.54. The first-order valence-corrected chi connectivity index (χ1v) is 7.07. The minimum absolute atomic E-state index is 0.456. The van der Waals surface area contributed by atoms with Crippen molar-refractivity contribution in [3.63, 3.8) is 0 Å². The van der Waals surface area contributed by atoms with E-state index in [0.717, 1.165) is 16.0 Å². The van der Waals surface area contributed by atoms with Gasteiger partial charge in [-0.25, -0.2) is 4.98 Å². The Morgan fingerprint density at radius 1 is 1.37 bits per heavy atom. The molecule has 0 radical (unpaired) electrons. The summed E-state index contributed by atoms with van der Waals surface area (Å²) in [6.07, 6.45) is -0.490. The fourth-order valence-electron chi connectivity index (χ4n) is 1.66. The van der Waals surface area contributed by atoms with Crippen LogP contribution in [-0.4, -0.2) is 33.8 Å². The number of hydrogen-bond acceptors (Lipinski definition) is 6. The molecule has 6 heteroatoms. The number of aryl methyl sites for hydroxylation is 1. The van der Waals surface area contributed by atoms with Gasteiger partial charge in [0.15, 0.2) is 0 Å². The van der Waals surface area contributed by atoms with Gasteiger partial charge in [0.05, 0.1) is 17.0 Å². The van der Waals surface area contributed by atoms with E-state index >= 15 is 0 Å². The molecular weight excluding hydrogens is 260 g/mol. The highest BCUT2D eigenvalue weighted by Gasteiger charge is 2.25. The van der Waals surface area contributed by atoms with E-state index in [1.165, 1.54) is 4.88 Å². The number of nitrogens with one attached hydrogen (secondary N) is 2. The van der Waals surface area contributed by atoms with Crippen molar-refractivity contribution in [3.05, 3.63) is 10.9 Å². The largest absolute Gasteiger partial charge is 0.391 e. The zero-order valence-corrected chi connectivity index (χ0v) is 12.7. The summed E-state index contributed by atoms with van der Waals surface area (Å²) in [5.41, 5.74) is -0.456. The molecule has 19 heavy (non-hydrogen) atoms. The van der Waals surface area contributed by atoms with Crippen molar-refractivity contribution < 1.29 is 5.11 Å². The lowest BCUT2D eigenvalue weighted by Crippen LogP contribution is -2.42. The molecule has 0 saturated heterocycles. The van der Waals surface area contributed by atoms with Crippen LogP contribution in [0.2, 0.25) is 0 Å². The quantitative estimate of drug-likeness (QED) is 0.803. The lowest BCUT2D eigenvalue weighted by molar-refractivity contribution is 0.133. The Morgan fingerprint density at radius 3 is 2.63 bits per heavy atom. The molecule has 0 bridgehead atoms. The summed E-state index contributed by atoms with van der Waals surface area (Å²) in [4.78, 5) is 11.0. The van der Waals surface area contributed by atoms with Crippen molar-refractivity contribution in [2.75, 3.05) is 17.7 Å². The Hall–Kier alpha value is -1.40. The minimum atomic E-state index is -0.490. The predicted molar refractivity (Wildman–Crippen MR) is 81.1 cm³/mol. The van der Waals surface area contributed by atoms with Gasteiger partial charge in [-0.2, -0.15) is 4.98 Å². The van der Waals surface area contributed by atoms with Crippen LogP contribution in [-0.2, 0) is 0 Å². The van der Waals surface area contributed by atoms with E-state index in [0.29, 0.717) is 5.95 Å². The van der Waals surface area contributed by atoms with Gasteiger partial charge in [-0.15, -0.1) is 11.3 Å². The molecule has 2 aromatic rings. The molecule has 0 fully saturated rings. The van der Waals surface area contributed by atoms with Gasteiger partial charge in [0.1, 0.15) is 10.6 Å². The van der Waals surface area contributed by atoms with Gasteiger partial charge in [0.25, 0.3) is 0 Å². The van der Waals surface area contributed by atoms with E-state index in [1.807, 2.05) is 13.8 Å². The third kappa shape index (κ3) is 2.79. The Bertz CT molecular complexity index is 592. The number of aliphatic hydroxyl groups excluding tert-OH is 1. The average molecular weight is 280 g/mol. The van der Waals surface area contributed by atoms with Gasteiger partial charge >= 0.3 is 0 Å². The van der Waals surface area contributed by atoms with Crippen LogP contribution in [0.5, 0.6) is 0 Å². The SMILES string of the molecule is CNc1nc(NC(C)(C)C(C)O)c2cc(C)sc2n1. The third-order valence-electron chi connectivity index (χ3n) is 3.22. The van der Waals surface area contributed by atoms with Crippen LogP contribution in [0, 0.1) is 6.92 Å². The molecule has 5 nitrogen and oxygen atoms in total. The number of fused-ring (bicyclic) bond motifs is 1. The summed E-state index contributed by atoms with van der Waals surface area (Å²) < 4.78 is 0. The first-order valence-electron chi connectivity index (χ1n) is 6.25. The summed E-state index contributed by atoms with van der Waals surface area (Å²) in [6.45, 7) is 7.71. The second-order valence-corrected chi connectivity index (χ2v) is 6.48. The second kappa shape index (κ2) is 4.94. The molecule has 0 aliphatic heterocycles. The van der Waals surface area contributed by atoms with E-state index in [1.54, 1.807) is 25.3 Å². The third-order valence-corrected chi connectivity index (χ3v) is 4.17. The zero-order chi connectivity index (χ0) is 14.2. The first kappa shape index (κ1) is 14.0. The molecule has 0 aromatic carbocycles. The van der Waals surface area contributed by atoms with E-state index in [9.17, 15) is 5.11 Å². The molecule has 0 aliphatic rings. The molecule has 0 amide bonds. The van der Waals surface area contributed by atoms with Crippen LogP contribution >= 0.6 is 11.3 Å². The van der Waals surface area contributed by atoms with Crippen LogP contribution in [0.3, 0.4) is 0 Å². The molecule has 104 valence electrons. The highest BCUT2D eigenvalue weighted by molar-refractivity contribution is 7.18. The molecule has 1 unspecified atom stereocenters. The van der Waals surface area contributed by atoms with Crippen LogP contribution in [0.15, 0.2) is 6.07 Å². The Labute approximate surface area is 117 Å². The van der Waals surface area contributed by atoms with Gasteiger partial charge in [-0.1, -0.05) is 0 Å². The van der Waals surface area contributed by atoms with Gasteiger partial charge in [-0.05, 0) is 33.8 Å². The first-order chi connectivity index (χ1) is 8.83. The van der Waals surface area contributed by atoms with E-state index in [-0.39, 0.29) is 0 Å². The molecule has 0 saturated carbocycles. The van der Waals surface area contributed by atoms with Gasteiger partial charge < -0.3 is 15.7 Å². The van der Waals surface area contributed by atoms with E-state index in [4.69, 9.17) is 0 Å². The Balaban J connectivity index is 2.51. The number of aromatic nitrogens is 2. The number of anilines is 2. The van der Waals surface area contributed by atoms with Crippen LogP contribution in [0.4, 0.5) is 11.8 Å². The smallest absolute Gasteiger partial charge is 0.225 e. The van der Waals surface area contributed by atoms with Gasteiger partial charge in [-0.3, -0.25) is 0 Å². The molecule has 2 aromatic heterocycles. The molecule has 1 atom stereocenters. The van der Waals surface area contributed by atoms with Crippen LogP contribution < -0.4 is 10.6 Å². The molecule has 2 heterocycles. The molecule has 0 aliphatic carbocycles. The van der Waals surface area contributed by atoms with Crippen molar-refractivity contribution in [2.45, 2.75) is 39.3 Å². The van der Waals surface area contributed by atoms with Crippen molar-refractivity contribution in [2.24, 2.45) is 0 Å². The van der Waals surface area contributed by atoms with E-state index in [2.05, 4.69) is 33.6 Å². The monoisotopic (exact) mass is 280 g/mol. The topological polar surface area (TPSA) is 70.1 Å². The van der Waals surface area contributed by atoms with E-state index < -0.39 is 11.6 Å². The normalized spacial score (nSPS) is 13.6. The average Bonchev–Trinajstić information content (AvgIpc) is 2.69. The van der Waals surface area contributed by atoms with Gasteiger partial charge in [0, 0.05) is 11.9 Å². The summed E-state index contributed by atoms with van der Waals surface area (Å²) >= 11 is 1.64. The van der Waals surface area contributed by atoms with Gasteiger partial charge in [0.2, 0.25) is 5.95 Å². The summed E-state index contributed by atoms with van der Waals surface area (Å²) in [7, 11) is 1.80. The zero-order valence-electron chi connectivity index (χ0n) is 11.9. The highest BCUT2D eigenvalue weighted by Crippen LogP contribution is 2.31. The van der Waals surface area contributed by atoms with Crippen LogP contribution in [0.1, 0.15) is 25.6 Å². The Morgan fingerprint density at radius 2 is 2.05 bits per heavy atom. The van der Waals surface area contributed by atoms with Crippen LogP contribution in [0.25, 0.3) is 10.2 Å². The summed E-state index contributed by atoms with van der Waals surface area (Å²) in [5.74, 6) is 1.34. The molecule has 0 spiro atoms. The standard InChI is InChI=1S/C13H20N4OS/c1-7-6-9-10(17-13(3,4)8(2)18)15-12(14-5)16-11(9)19-7/h6,8,18H,1-5H3,(H2,14,15,16,17). The lowest BCUT2D eigenvalue weighted by Gasteiger charge is -2.30. The minimum Gasteiger partial charge on any atom is -0.391 e. The number of thiophene rings is 1. The fraction of sp³-hybridized carbons (Fsp3) is 0.538.